The molecule has 0 aliphatic carbocycles. The Bertz CT molecular complexity index is 2400. The summed E-state index contributed by atoms with van der Waals surface area (Å²) < 4.78 is 5.48. The number of phenolic OH excluding ortho intramolecular Hbond substituents is 2. The lowest BCUT2D eigenvalue weighted by atomic mass is 10.1. The van der Waals surface area contributed by atoms with E-state index in [1.807, 2.05) is 31.2 Å². The van der Waals surface area contributed by atoms with Crippen molar-refractivity contribution in [1.82, 2.24) is 25.3 Å². The Kier molecular flexibility index (Phi) is 11.2. The number of anilines is 2. The van der Waals surface area contributed by atoms with Crippen LogP contribution in [0.4, 0.5) is 11.6 Å². The Morgan fingerprint density at radius 1 is 0.737 bits per heavy atom. The number of nitrogens with one attached hydrogen (secondary N) is 1. The lowest BCUT2D eigenvalue weighted by Gasteiger charge is -2.21. The molecule has 6 aromatic rings. The molecule has 12 heteroatoms. The Balaban J connectivity index is 0.000000165. The first-order valence-electron chi connectivity index (χ1n) is 20.0. The van der Waals surface area contributed by atoms with Crippen LogP contribution in [0.15, 0.2) is 84.9 Å². The molecule has 0 spiro atoms. The first-order valence-corrected chi connectivity index (χ1v) is 20.0. The normalized spacial score (nSPS) is 19.2. The minimum atomic E-state index is -0.289. The maximum Gasteiger partial charge on any atom is 0.249 e. The number of aryl methyl sites for hydroxylation is 2. The van der Waals surface area contributed by atoms with E-state index in [4.69, 9.17) is 30.4 Å². The highest BCUT2D eigenvalue weighted by Crippen LogP contribution is 2.35. The summed E-state index contributed by atoms with van der Waals surface area (Å²) in [7, 11) is 0. The third kappa shape index (κ3) is 8.33. The number of rotatable bonds is 8. The van der Waals surface area contributed by atoms with Crippen LogP contribution >= 0.6 is 0 Å². The first kappa shape index (κ1) is 38.0. The van der Waals surface area contributed by atoms with Crippen molar-refractivity contribution in [2.75, 3.05) is 55.7 Å². The maximum absolute atomic E-state index is 12.3. The number of aromatic hydroxyl groups is 2. The zero-order chi connectivity index (χ0) is 39.5. The highest BCUT2D eigenvalue weighted by atomic mass is 16.5. The Hall–Kier alpha value is -5.85. The number of para-hydroxylation sites is 2. The van der Waals surface area contributed by atoms with Crippen molar-refractivity contribution in [2.24, 2.45) is 17.6 Å². The summed E-state index contributed by atoms with van der Waals surface area (Å²) in [6.45, 7) is 9.65. The van der Waals surface area contributed by atoms with Crippen molar-refractivity contribution in [3.63, 3.8) is 0 Å². The standard InChI is InChI=1S/C25H28N4O3.C20H22N4O/c1-16-8-9-18-20(13-16)27-23(19-5-2-3-6-21(19)30)28-24(18)29-11-10-17(15-29)14-26-25(31)22-7-4-12-32-22;1-13-6-7-15-17(10-13)22-19(16-4-2-3-5-18(16)25)23-20(15)24-9-8-14(11-21)12-24/h2-3,5-6,8-9,13,17,22,30H,4,7,10-12,14-15H2,1H3,(H,26,31);2-7,10,14,25H,8-9,11-12,21H2,1H3/t17-,22-;14-/m11/s1. The highest BCUT2D eigenvalue weighted by molar-refractivity contribution is 5.93. The molecule has 9 rings (SSSR count). The fraction of sp³-hybridized carbons (Fsp3) is 0.356. The predicted octanol–water partition coefficient (Wildman–Crippen LogP) is 6.53. The lowest BCUT2D eigenvalue weighted by Crippen LogP contribution is -2.37. The van der Waals surface area contributed by atoms with Gasteiger partial charge in [0, 0.05) is 50.1 Å². The van der Waals surface area contributed by atoms with E-state index in [-0.39, 0.29) is 23.5 Å². The number of hydrogen-bond donors (Lipinski definition) is 4. The largest absolute Gasteiger partial charge is 0.507 e. The molecule has 2 aromatic heterocycles. The van der Waals surface area contributed by atoms with Gasteiger partial charge < -0.3 is 35.8 Å². The molecule has 0 bridgehead atoms. The van der Waals surface area contributed by atoms with Crippen molar-refractivity contribution in [3.05, 3.63) is 96.1 Å². The summed E-state index contributed by atoms with van der Waals surface area (Å²) in [5.41, 5.74) is 11.2. The van der Waals surface area contributed by atoms with E-state index in [2.05, 4.69) is 58.4 Å². The van der Waals surface area contributed by atoms with Crippen LogP contribution in [0.2, 0.25) is 0 Å². The molecule has 4 aromatic carbocycles. The van der Waals surface area contributed by atoms with E-state index in [1.165, 1.54) is 0 Å². The molecule has 3 aliphatic heterocycles. The summed E-state index contributed by atoms with van der Waals surface area (Å²) >= 11 is 0. The zero-order valence-corrected chi connectivity index (χ0v) is 32.6. The number of fused-ring (bicyclic) bond motifs is 2. The molecule has 1 amide bonds. The highest BCUT2D eigenvalue weighted by Gasteiger charge is 2.29. The zero-order valence-electron chi connectivity index (χ0n) is 32.6. The first-order chi connectivity index (χ1) is 27.7. The van der Waals surface area contributed by atoms with Crippen molar-refractivity contribution < 1.29 is 19.7 Å². The molecular weight excluding hydrogens is 717 g/mol. The number of carbonyl (C=O) groups is 1. The van der Waals surface area contributed by atoms with E-state index < -0.39 is 0 Å². The van der Waals surface area contributed by atoms with Crippen LogP contribution < -0.4 is 20.9 Å². The molecule has 0 unspecified atom stereocenters. The second kappa shape index (κ2) is 16.7. The smallest absolute Gasteiger partial charge is 0.249 e. The van der Waals surface area contributed by atoms with Gasteiger partial charge in [0.2, 0.25) is 5.91 Å². The van der Waals surface area contributed by atoms with E-state index in [1.54, 1.807) is 24.3 Å². The summed E-state index contributed by atoms with van der Waals surface area (Å²) in [4.78, 5) is 36.0. The fourth-order valence-electron chi connectivity index (χ4n) is 8.05. The number of ether oxygens (including phenoxy) is 1. The van der Waals surface area contributed by atoms with E-state index in [0.717, 1.165) is 96.4 Å². The van der Waals surface area contributed by atoms with Gasteiger partial charge in [-0.1, -0.05) is 36.4 Å². The summed E-state index contributed by atoms with van der Waals surface area (Å²) in [6.07, 6.45) is 3.54. The molecule has 5 N–H and O–H groups in total. The van der Waals surface area contributed by atoms with Crippen molar-refractivity contribution in [3.8, 4) is 34.3 Å². The van der Waals surface area contributed by atoms with Crippen LogP contribution in [-0.2, 0) is 9.53 Å². The predicted molar refractivity (Wildman–Crippen MR) is 224 cm³/mol. The molecule has 294 valence electrons. The van der Waals surface area contributed by atoms with Crippen molar-refractivity contribution >= 4 is 39.3 Å². The number of nitrogens with two attached hydrogens (primary N) is 1. The minimum absolute atomic E-state index is 0.00532. The van der Waals surface area contributed by atoms with E-state index in [9.17, 15) is 15.0 Å². The van der Waals surface area contributed by atoms with Crippen molar-refractivity contribution in [1.29, 1.82) is 0 Å². The van der Waals surface area contributed by atoms with E-state index in [0.29, 0.717) is 54.3 Å². The average Bonchev–Trinajstić information content (AvgIpc) is 4.03. The molecule has 3 aliphatic rings. The Labute approximate surface area is 332 Å². The molecule has 12 nitrogen and oxygen atoms in total. The monoisotopic (exact) mass is 766 g/mol. The molecule has 3 saturated heterocycles. The molecule has 57 heavy (non-hydrogen) atoms. The lowest BCUT2D eigenvalue weighted by molar-refractivity contribution is -0.130. The SMILES string of the molecule is Cc1ccc2c(N3CC[C@H](CN)C3)nc(-c3ccccc3O)nc2c1.Cc1ccc2c(N3CC[C@H](CNC(=O)[C@H]4CCCO4)C3)nc(-c3ccccc3O)nc2c1. The molecule has 3 atom stereocenters. The number of benzene rings is 4. The molecule has 0 saturated carbocycles. The van der Waals surface area contributed by atoms with E-state index >= 15 is 0 Å². The van der Waals surface area contributed by atoms with Gasteiger partial charge in [-0.2, -0.15) is 0 Å². The quantitative estimate of drug-likeness (QED) is 0.133. The summed E-state index contributed by atoms with van der Waals surface area (Å²) in [5.74, 6) is 4.11. The number of hydrogen-bond acceptors (Lipinski definition) is 11. The van der Waals surface area contributed by atoms with Crippen LogP contribution in [-0.4, -0.2) is 88.0 Å². The Morgan fingerprint density at radius 3 is 1.75 bits per heavy atom. The van der Waals surface area contributed by atoms with Gasteiger partial charge in [0.05, 0.1) is 22.2 Å². The summed E-state index contributed by atoms with van der Waals surface area (Å²) in [5, 5.41) is 25.7. The van der Waals surface area contributed by atoms with Crippen LogP contribution in [0.3, 0.4) is 0 Å². The van der Waals surface area contributed by atoms with Gasteiger partial charge >= 0.3 is 0 Å². The van der Waals surface area contributed by atoms with Crippen LogP contribution in [0.5, 0.6) is 11.5 Å². The number of nitrogens with zero attached hydrogens (tertiary/aromatic N) is 6. The number of aromatic nitrogens is 4. The molecule has 0 radical (unpaired) electrons. The maximum atomic E-state index is 12.3. The molecule has 5 heterocycles. The van der Waals surface area contributed by atoms with Gasteiger partial charge in [-0.3, -0.25) is 4.79 Å². The van der Waals surface area contributed by atoms with Gasteiger partial charge in [-0.05, 0) is 118 Å². The number of amides is 1. The molecule has 3 fully saturated rings. The van der Waals surface area contributed by atoms with Gasteiger partial charge in [-0.25, -0.2) is 19.9 Å². The second-order valence-corrected chi connectivity index (χ2v) is 15.5. The third-order valence-corrected chi connectivity index (χ3v) is 11.2. The van der Waals surface area contributed by atoms with Crippen LogP contribution in [0.1, 0.15) is 36.8 Å². The Morgan fingerprint density at radius 2 is 1.26 bits per heavy atom. The van der Waals surface area contributed by atoms with Crippen molar-refractivity contribution in [2.45, 2.75) is 45.6 Å². The minimum Gasteiger partial charge on any atom is -0.507 e. The number of phenols is 2. The van der Waals surface area contributed by atoms with Gasteiger partial charge in [0.25, 0.3) is 0 Å². The number of carbonyl (C=O) groups excluding carboxylic acids is 1. The van der Waals surface area contributed by atoms with Crippen LogP contribution in [0.25, 0.3) is 44.6 Å². The van der Waals surface area contributed by atoms with Gasteiger partial charge in [0.1, 0.15) is 29.2 Å². The topological polar surface area (TPSA) is 163 Å². The fourth-order valence-corrected chi connectivity index (χ4v) is 8.05. The summed E-state index contributed by atoms with van der Waals surface area (Å²) in [6, 6.07) is 26.8. The second-order valence-electron chi connectivity index (χ2n) is 15.5. The third-order valence-electron chi connectivity index (χ3n) is 11.2. The average molecular weight is 767 g/mol. The van der Waals surface area contributed by atoms with Gasteiger partial charge in [0.15, 0.2) is 11.6 Å². The van der Waals surface area contributed by atoms with Gasteiger partial charge in [-0.15, -0.1) is 0 Å². The van der Waals surface area contributed by atoms with Crippen LogP contribution in [0, 0.1) is 25.7 Å². The molecular formula is C45H50N8O4.